The molecule has 2 bridgehead atoms. The molecule has 2 N–H and O–H groups in total. The van der Waals surface area contributed by atoms with Gasteiger partial charge in [0.05, 0.1) is 28.0 Å². The van der Waals surface area contributed by atoms with Crippen molar-refractivity contribution in [2.75, 3.05) is 12.4 Å². The van der Waals surface area contributed by atoms with Crippen LogP contribution in [-0.4, -0.2) is 38.9 Å². The van der Waals surface area contributed by atoms with Gasteiger partial charge in [-0.25, -0.2) is 12.8 Å². The molecule has 0 unspecified atom stereocenters. The number of amides is 2. The monoisotopic (exact) mass is 590 g/mol. The normalized spacial score (nSPS) is 22.9. The average molecular weight is 591 g/mol. The van der Waals surface area contributed by atoms with Gasteiger partial charge in [0, 0.05) is 17.8 Å². The van der Waals surface area contributed by atoms with Crippen molar-refractivity contribution in [1.29, 1.82) is 0 Å². The topological polar surface area (TPSA) is 102 Å². The Morgan fingerprint density at radius 3 is 2.47 bits per heavy atom. The number of sulfone groups is 1. The Labute approximate surface area is 211 Å². The number of anilines is 1. The fourth-order valence-corrected chi connectivity index (χ4v) is 5.73. The van der Waals surface area contributed by atoms with Gasteiger partial charge in [0.2, 0.25) is 5.91 Å². The Morgan fingerprint density at radius 2 is 1.81 bits per heavy atom. The summed E-state index contributed by atoms with van der Waals surface area (Å²) >= 11 is 3.03. The zero-order valence-electron chi connectivity index (χ0n) is 18.5. The Morgan fingerprint density at radius 1 is 1.11 bits per heavy atom. The molecule has 2 amide bonds. The van der Waals surface area contributed by atoms with Gasteiger partial charge >= 0.3 is 5.51 Å². The molecule has 0 aromatic heterocycles. The first kappa shape index (κ1) is 26.1. The van der Waals surface area contributed by atoms with Gasteiger partial charge in [-0.1, -0.05) is 18.2 Å². The van der Waals surface area contributed by atoms with Gasteiger partial charge in [-0.2, -0.15) is 13.2 Å². The second-order valence-electron chi connectivity index (χ2n) is 8.41. The van der Waals surface area contributed by atoms with Crippen LogP contribution in [0.4, 0.5) is 23.2 Å². The van der Waals surface area contributed by atoms with E-state index in [1.165, 1.54) is 19.2 Å². The van der Waals surface area contributed by atoms with Crippen LogP contribution in [0.5, 0.6) is 5.75 Å². The maximum Gasteiger partial charge on any atom is 0.501 e. The molecular weight excluding hydrogens is 572 g/mol. The van der Waals surface area contributed by atoms with E-state index in [0.29, 0.717) is 6.42 Å². The maximum atomic E-state index is 13.9. The zero-order valence-corrected chi connectivity index (χ0v) is 20.9. The van der Waals surface area contributed by atoms with Crippen LogP contribution < -0.4 is 15.4 Å². The molecule has 0 spiro atoms. The van der Waals surface area contributed by atoms with E-state index < -0.39 is 49.8 Å². The maximum absolute atomic E-state index is 13.9. The number of fused-ring (bicyclic) bond motifs is 2. The van der Waals surface area contributed by atoms with Crippen molar-refractivity contribution in [1.82, 2.24) is 5.32 Å². The van der Waals surface area contributed by atoms with Crippen LogP contribution in [-0.2, 0) is 14.6 Å². The average Bonchev–Trinajstić information content (AvgIpc) is 3.41. The third kappa shape index (κ3) is 4.73. The zero-order chi connectivity index (χ0) is 26.4. The summed E-state index contributed by atoms with van der Waals surface area (Å²) < 4.78 is 81.2. The number of nitrogens with one attached hydrogen (secondary N) is 2. The van der Waals surface area contributed by atoms with Crippen LogP contribution >= 0.6 is 15.9 Å². The third-order valence-corrected chi connectivity index (χ3v) is 8.36. The molecule has 192 valence electrons. The number of methoxy groups -OCH3 is 1. The molecule has 0 radical (unpaired) electrons. The fourth-order valence-electron chi connectivity index (χ4n) is 4.58. The summed E-state index contributed by atoms with van der Waals surface area (Å²) in [6.07, 6.45) is 4.26. The molecule has 7 nitrogen and oxygen atoms in total. The summed E-state index contributed by atoms with van der Waals surface area (Å²) in [5.74, 6) is -3.03. The summed E-state index contributed by atoms with van der Waals surface area (Å²) in [6, 6.07) is 5.52. The first-order chi connectivity index (χ1) is 16.8. The van der Waals surface area contributed by atoms with Gasteiger partial charge in [-0.05, 0) is 58.5 Å². The summed E-state index contributed by atoms with van der Waals surface area (Å²) in [5.41, 5.74) is -5.58. The minimum Gasteiger partial charge on any atom is -0.496 e. The van der Waals surface area contributed by atoms with Crippen molar-refractivity contribution in [3.63, 3.8) is 0 Å². The van der Waals surface area contributed by atoms with Crippen molar-refractivity contribution in [2.45, 2.75) is 22.9 Å². The van der Waals surface area contributed by atoms with E-state index in [1.807, 2.05) is 12.2 Å². The Balaban J connectivity index is 1.56. The Hall–Kier alpha value is -2.93. The minimum absolute atomic E-state index is 0.00408. The number of allylic oxidation sites excluding steroid dienone is 1. The van der Waals surface area contributed by atoms with Crippen LogP contribution in [0, 0.1) is 23.6 Å². The van der Waals surface area contributed by atoms with E-state index >= 15 is 0 Å². The largest absolute Gasteiger partial charge is 0.501 e. The molecule has 4 rings (SSSR count). The second kappa shape index (κ2) is 9.51. The molecule has 4 atom stereocenters. The van der Waals surface area contributed by atoms with Crippen LogP contribution in [0.2, 0.25) is 0 Å². The lowest BCUT2D eigenvalue weighted by Gasteiger charge is -2.28. The molecule has 2 aliphatic carbocycles. The number of benzene rings is 2. The molecule has 0 saturated heterocycles. The first-order valence-corrected chi connectivity index (χ1v) is 12.9. The number of alkyl halides is 3. The van der Waals surface area contributed by atoms with Crippen molar-refractivity contribution in [3.8, 4) is 5.75 Å². The van der Waals surface area contributed by atoms with E-state index in [9.17, 15) is 35.6 Å². The van der Waals surface area contributed by atoms with Crippen LogP contribution in [0.15, 0.2) is 57.9 Å². The summed E-state index contributed by atoms with van der Waals surface area (Å²) in [7, 11) is -4.31. The molecule has 0 aliphatic heterocycles. The minimum atomic E-state index is -5.59. The van der Waals surface area contributed by atoms with E-state index in [-0.39, 0.29) is 33.3 Å². The van der Waals surface area contributed by atoms with E-state index in [2.05, 4.69) is 26.6 Å². The lowest BCUT2D eigenvalue weighted by molar-refractivity contribution is -0.121. The van der Waals surface area contributed by atoms with E-state index in [1.54, 1.807) is 0 Å². The van der Waals surface area contributed by atoms with Crippen molar-refractivity contribution >= 4 is 43.3 Å². The smallest absolute Gasteiger partial charge is 0.496 e. The third-order valence-electron chi connectivity index (χ3n) is 6.26. The highest BCUT2D eigenvalue weighted by atomic mass is 79.9. The summed E-state index contributed by atoms with van der Waals surface area (Å²) in [6.45, 7) is 0. The van der Waals surface area contributed by atoms with E-state index in [4.69, 9.17) is 4.74 Å². The number of rotatable bonds is 6. The Kier molecular flexibility index (Phi) is 6.90. The molecular formula is C23H19BrF4N2O5S. The predicted octanol–water partition coefficient (Wildman–Crippen LogP) is 4.45. The van der Waals surface area contributed by atoms with Crippen molar-refractivity contribution < 1.29 is 40.3 Å². The molecule has 1 fully saturated rings. The number of hydrogen-bond donors (Lipinski definition) is 2. The highest BCUT2D eigenvalue weighted by Gasteiger charge is 2.49. The van der Waals surface area contributed by atoms with Gasteiger partial charge in [0.25, 0.3) is 15.7 Å². The van der Waals surface area contributed by atoms with Gasteiger partial charge in [-0.15, -0.1) is 0 Å². The van der Waals surface area contributed by atoms with E-state index in [0.717, 1.165) is 24.3 Å². The van der Waals surface area contributed by atoms with Gasteiger partial charge < -0.3 is 15.4 Å². The van der Waals surface area contributed by atoms with Gasteiger partial charge in [0.15, 0.2) is 0 Å². The molecule has 2 aromatic rings. The van der Waals surface area contributed by atoms with Crippen molar-refractivity contribution in [2.24, 2.45) is 17.8 Å². The number of carbonyl (C=O) groups excluding carboxylic acids is 2. The van der Waals surface area contributed by atoms with Crippen LogP contribution in [0.3, 0.4) is 0 Å². The number of carbonyl (C=O) groups is 2. The molecule has 13 heteroatoms. The number of halogens is 5. The first-order valence-electron chi connectivity index (χ1n) is 10.6. The molecule has 2 aromatic carbocycles. The molecule has 1 saturated carbocycles. The quantitative estimate of drug-likeness (QED) is 0.382. The molecule has 0 heterocycles. The Bertz CT molecular complexity index is 1360. The fraction of sp³-hybridized carbons (Fsp3) is 0.304. The van der Waals surface area contributed by atoms with Crippen LogP contribution in [0.1, 0.15) is 16.8 Å². The number of hydrogen-bond acceptors (Lipinski definition) is 5. The lowest BCUT2D eigenvalue weighted by atomic mass is 9.87. The highest BCUT2D eigenvalue weighted by Crippen LogP contribution is 2.44. The standard InChI is InChI=1S/C23H19BrF4N2O5S/c1-35-18-10-17(25)16(24)9-15(18)21(31)30-20-12-6-5-11(7-12)19(20)22(32)29-13-3-2-4-14(8-13)36(33,34)23(26,27)28/h2-6,8-12,19-20H,7H2,1H3,(H,29,32)(H,30,31)/t11-,12+,19+,20-/m1/s1. The van der Waals surface area contributed by atoms with Crippen LogP contribution in [0.25, 0.3) is 0 Å². The molecule has 36 heavy (non-hydrogen) atoms. The SMILES string of the molecule is COc1cc(F)c(Br)cc1C(=O)N[C@H]1[C@@H](C(=O)Nc2cccc(S(=O)(=O)C(F)(F)F)c2)[C@@H]2C=C[C@H]1C2. The van der Waals surface area contributed by atoms with Gasteiger partial charge in [-0.3, -0.25) is 9.59 Å². The van der Waals surface area contributed by atoms with Gasteiger partial charge in [0.1, 0.15) is 11.6 Å². The van der Waals surface area contributed by atoms with Crippen molar-refractivity contribution in [3.05, 3.63) is 64.4 Å². The second-order valence-corrected chi connectivity index (χ2v) is 11.2. The lowest BCUT2D eigenvalue weighted by Crippen LogP contribution is -2.47. The summed E-state index contributed by atoms with van der Waals surface area (Å²) in [5, 5.41) is 5.28. The molecule has 2 aliphatic rings. The summed E-state index contributed by atoms with van der Waals surface area (Å²) in [4.78, 5) is 25.2. The highest BCUT2D eigenvalue weighted by molar-refractivity contribution is 9.10. The number of ether oxygens (including phenoxy) is 1. The predicted molar refractivity (Wildman–Crippen MR) is 124 cm³/mol.